The van der Waals surface area contributed by atoms with Crippen molar-refractivity contribution in [1.29, 1.82) is 0 Å². The number of piperazine rings is 1. The third-order valence-electron chi connectivity index (χ3n) is 3.95. The molecule has 1 saturated heterocycles. The Labute approximate surface area is 153 Å². The van der Waals surface area contributed by atoms with Crippen molar-refractivity contribution in [3.63, 3.8) is 0 Å². The van der Waals surface area contributed by atoms with E-state index in [1.54, 1.807) is 11.0 Å². The zero-order valence-corrected chi connectivity index (χ0v) is 15.6. The van der Waals surface area contributed by atoms with Gasteiger partial charge in [-0.25, -0.2) is 9.78 Å². The van der Waals surface area contributed by atoms with Gasteiger partial charge >= 0.3 is 11.8 Å². The molecule has 1 aromatic heterocycles. The number of hydrogen-bond donors (Lipinski definition) is 1. The lowest BCUT2D eigenvalue weighted by molar-refractivity contribution is -0.384. The highest BCUT2D eigenvalue weighted by atomic mass is 16.6. The highest BCUT2D eigenvalue weighted by Gasteiger charge is 2.25. The van der Waals surface area contributed by atoms with Gasteiger partial charge in [-0.1, -0.05) is 0 Å². The van der Waals surface area contributed by atoms with Crippen LogP contribution in [0.2, 0.25) is 0 Å². The molecule has 26 heavy (non-hydrogen) atoms. The van der Waals surface area contributed by atoms with Gasteiger partial charge in [-0.15, -0.1) is 0 Å². The topological polar surface area (TPSA) is 101 Å². The first kappa shape index (κ1) is 19.9. The average molecular weight is 365 g/mol. The maximum absolute atomic E-state index is 12.0. The Morgan fingerprint density at radius 1 is 1.35 bits per heavy atom. The van der Waals surface area contributed by atoms with Crippen molar-refractivity contribution in [1.82, 2.24) is 14.8 Å². The van der Waals surface area contributed by atoms with E-state index in [4.69, 9.17) is 4.74 Å². The van der Waals surface area contributed by atoms with E-state index < -0.39 is 10.5 Å². The van der Waals surface area contributed by atoms with Gasteiger partial charge in [0.05, 0.1) is 4.92 Å². The zero-order valence-electron chi connectivity index (χ0n) is 15.6. The van der Waals surface area contributed by atoms with Crippen LogP contribution in [0, 0.1) is 10.1 Å². The second-order valence-corrected chi connectivity index (χ2v) is 7.22. The second-order valence-electron chi connectivity index (χ2n) is 7.22. The highest BCUT2D eigenvalue weighted by molar-refractivity contribution is 5.68. The Balaban J connectivity index is 1.68. The monoisotopic (exact) mass is 365 g/mol. The number of nitro groups is 1. The molecule has 1 aliphatic rings. The summed E-state index contributed by atoms with van der Waals surface area (Å²) < 4.78 is 5.39. The van der Waals surface area contributed by atoms with E-state index in [0.717, 1.165) is 26.1 Å². The van der Waals surface area contributed by atoms with Gasteiger partial charge in [-0.3, -0.25) is 15.0 Å². The van der Waals surface area contributed by atoms with E-state index in [-0.39, 0.29) is 11.8 Å². The number of carbonyl (C=O) groups is 1. The van der Waals surface area contributed by atoms with Crippen molar-refractivity contribution in [2.75, 3.05) is 44.6 Å². The smallest absolute Gasteiger partial charge is 0.410 e. The van der Waals surface area contributed by atoms with E-state index in [2.05, 4.69) is 15.2 Å². The number of rotatable bonds is 6. The molecular formula is C17H27N5O4. The predicted octanol–water partition coefficient (Wildman–Crippen LogP) is 2.34. The van der Waals surface area contributed by atoms with Crippen LogP contribution in [0.1, 0.15) is 27.2 Å². The molecule has 0 unspecified atom stereocenters. The highest BCUT2D eigenvalue weighted by Crippen LogP contribution is 2.20. The van der Waals surface area contributed by atoms with Crippen LogP contribution in [0.4, 0.5) is 16.3 Å². The molecule has 9 nitrogen and oxygen atoms in total. The molecule has 2 heterocycles. The molecule has 0 spiro atoms. The maximum atomic E-state index is 12.0. The normalized spacial score (nSPS) is 15.6. The van der Waals surface area contributed by atoms with Gasteiger partial charge in [0.2, 0.25) is 5.82 Å². The largest absolute Gasteiger partial charge is 0.444 e. The average Bonchev–Trinajstić information content (AvgIpc) is 2.58. The SMILES string of the molecule is CC(C)(C)OC(=O)N1CCN(CCCNc2ncccc2[N+](=O)[O-])CC1. The van der Waals surface area contributed by atoms with Crippen molar-refractivity contribution in [2.45, 2.75) is 32.8 Å². The third kappa shape index (κ3) is 6.14. The van der Waals surface area contributed by atoms with Crippen molar-refractivity contribution < 1.29 is 14.5 Å². The first-order chi connectivity index (χ1) is 12.3. The first-order valence-corrected chi connectivity index (χ1v) is 8.80. The van der Waals surface area contributed by atoms with E-state index in [1.807, 2.05) is 20.8 Å². The van der Waals surface area contributed by atoms with Crippen molar-refractivity contribution >= 4 is 17.6 Å². The molecule has 0 saturated carbocycles. The van der Waals surface area contributed by atoms with Crippen molar-refractivity contribution in [2.24, 2.45) is 0 Å². The summed E-state index contributed by atoms with van der Waals surface area (Å²) in [7, 11) is 0. The van der Waals surface area contributed by atoms with Gasteiger partial charge in [0.15, 0.2) is 0 Å². The maximum Gasteiger partial charge on any atom is 0.410 e. The molecule has 0 bridgehead atoms. The molecule has 1 aromatic rings. The van der Waals surface area contributed by atoms with Gasteiger partial charge < -0.3 is 15.0 Å². The van der Waals surface area contributed by atoms with E-state index in [9.17, 15) is 14.9 Å². The predicted molar refractivity (Wildman–Crippen MR) is 98.2 cm³/mol. The lowest BCUT2D eigenvalue weighted by atomic mass is 10.2. The van der Waals surface area contributed by atoms with Crippen LogP contribution in [0.25, 0.3) is 0 Å². The molecule has 0 atom stereocenters. The van der Waals surface area contributed by atoms with Crippen LogP contribution in [0.15, 0.2) is 18.3 Å². The summed E-state index contributed by atoms with van der Waals surface area (Å²) in [4.78, 5) is 30.6. The molecule has 2 rings (SSSR count). The summed E-state index contributed by atoms with van der Waals surface area (Å²) in [6.07, 6.45) is 2.10. The Hall–Kier alpha value is -2.42. The molecule has 0 aromatic carbocycles. The number of anilines is 1. The van der Waals surface area contributed by atoms with Gasteiger partial charge in [-0.05, 0) is 39.8 Å². The minimum absolute atomic E-state index is 0.0153. The molecule has 1 fully saturated rings. The number of aromatic nitrogens is 1. The number of nitrogens with one attached hydrogen (secondary N) is 1. The number of ether oxygens (including phenoxy) is 1. The summed E-state index contributed by atoms with van der Waals surface area (Å²) in [5.41, 5.74) is -0.494. The van der Waals surface area contributed by atoms with Crippen molar-refractivity contribution in [3.8, 4) is 0 Å². The van der Waals surface area contributed by atoms with E-state index in [1.165, 1.54) is 12.3 Å². The molecule has 1 aliphatic heterocycles. The first-order valence-electron chi connectivity index (χ1n) is 8.80. The molecule has 9 heteroatoms. The Kier molecular flexibility index (Phi) is 6.73. The van der Waals surface area contributed by atoms with E-state index in [0.29, 0.717) is 25.5 Å². The summed E-state index contributed by atoms with van der Waals surface area (Å²) in [5.74, 6) is 0.298. The Bertz CT molecular complexity index is 624. The molecule has 0 radical (unpaired) electrons. The minimum Gasteiger partial charge on any atom is -0.444 e. The zero-order chi connectivity index (χ0) is 19.2. The van der Waals surface area contributed by atoms with Crippen molar-refractivity contribution in [3.05, 3.63) is 28.4 Å². The van der Waals surface area contributed by atoms with Gasteiger partial charge in [0.25, 0.3) is 0 Å². The molecule has 1 amide bonds. The van der Waals surface area contributed by atoms with Gasteiger partial charge in [0.1, 0.15) is 5.60 Å². The number of amides is 1. The van der Waals surface area contributed by atoms with Gasteiger partial charge in [0, 0.05) is 45.0 Å². The number of carbonyl (C=O) groups excluding carboxylic acids is 1. The van der Waals surface area contributed by atoms with Gasteiger partial charge in [-0.2, -0.15) is 0 Å². The number of pyridine rings is 1. The standard InChI is InChI=1S/C17H27N5O4/c1-17(2,3)26-16(23)21-12-10-20(11-13-21)9-5-8-19-15-14(22(24)25)6-4-7-18-15/h4,6-7H,5,8-13H2,1-3H3,(H,18,19). The fourth-order valence-electron chi connectivity index (χ4n) is 2.67. The molecule has 1 N–H and O–H groups in total. The molecular weight excluding hydrogens is 338 g/mol. The fourth-order valence-corrected chi connectivity index (χ4v) is 2.67. The van der Waals surface area contributed by atoms with Crippen LogP contribution in [0.5, 0.6) is 0 Å². The second kappa shape index (κ2) is 8.79. The summed E-state index contributed by atoms with van der Waals surface area (Å²) >= 11 is 0. The van der Waals surface area contributed by atoms with Crippen LogP contribution in [-0.4, -0.2) is 70.7 Å². The Morgan fingerprint density at radius 3 is 2.65 bits per heavy atom. The Morgan fingerprint density at radius 2 is 2.04 bits per heavy atom. The lowest BCUT2D eigenvalue weighted by Gasteiger charge is -2.35. The number of nitrogens with zero attached hydrogens (tertiary/aromatic N) is 4. The molecule has 144 valence electrons. The summed E-state index contributed by atoms with van der Waals surface area (Å²) in [6, 6.07) is 2.98. The fraction of sp³-hybridized carbons (Fsp3) is 0.647. The van der Waals surface area contributed by atoms with Crippen LogP contribution in [0.3, 0.4) is 0 Å². The van der Waals surface area contributed by atoms with Crippen LogP contribution in [-0.2, 0) is 4.74 Å². The van der Waals surface area contributed by atoms with Crippen LogP contribution < -0.4 is 5.32 Å². The number of hydrogen-bond acceptors (Lipinski definition) is 7. The summed E-state index contributed by atoms with van der Waals surface area (Å²) in [5, 5.41) is 14.0. The third-order valence-corrected chi connectivity index (χ3v) is 3.95. The van der Waals surface area contributed by atoms with E-state index >= 15 is 0 Å². The lowest BCUT2D eigenvalue weighted by Crippen LogP contribution is -2.50. The quantitative estimate of drug-likeness (QED) is 0.469. The minimum atomic E-state index is -0.478. The summed E-state index contributed by atoms with van der Waals surface area (Å²) in [6.45, 7) is 9.92. The van der Waals surface area contributed by atoms with Crippen LogP contribution >= 0.6 is 0 Å². The molecule has 0 aliphatic carbocycles.